The lowest BCUT2D eigenvalue weighted by Crippen LogP contribution is -2.15. The summed E-state index contributed by atoms with van der Waals surface area (Å²) in [6, 6.07) is 74.6. The molecule has 12 aromatic carbocycles. The zero-order valence-electron chi connectivity index (χ0n) is 42.4. The van der Waals surface area contributed by atoms with Gasteiger partial charge in [0, 0.05) is 33.3 Å². The second-order valence-electron chi connectivity index (χ2n) is 19.9. The molecule has 0 unspecified atom stereocenters. The van der Waals surface area contributed by atoms with E-state index in [9.17, 15) is 0 Å². The molecular weight excluding hydrogens is 907 g/mol. The Balaban J connectivity index is 1.14. The third-order valence-electron chi connectivity index (χ3n) is 15.0. The first kappa shape index (κ1) is 46.2. The van der Waals surface area contributed by atoms with Gasteiger partial charge in [0.1, 0.15) is 11.6 Å². The Labute approximate surface area is 432 Å². The Kier molecular flexibility index (Phi) is 11.6. The lowest BCUT2D eigenvalue weighted by Gasteiger charge is -2.32. The van der Waals surface area contributed by atoms with Gasteiger partial charge >= 0.3 is 0 Å². The molecule has 0 aliphatic heterocycles. The molecule has 0 saturated heterocycles. The molecule has 2 nitrogen and oxygen atoms in total. The summed E-state index contributed by atoms with van der Waals surface area (Å²) in [6.07, 6.45) is 0. The van der Waals surface area contributed by atoms with Crippen LogP contribution in [0, 0.1) is 53.2 Å². The maximum atomic E-state index is 18.0. The third kappa shape index (κ3) is 7.95. The van der Waals surface area contributed by atoms with Crippen LogP contribution < -0.4 is 9.80 Å². The van der Waals surface area contributed by atoms with Crippen LogP contribution in [-0.4, -0.2) is 0 Å². The van der Waals surface area contributed by atoms with E-state index in [4.69, 9.17) is 0 Å². The smallest absolute Gasteiger partial charge is 0.148 e. The molecule has 12 rings (SSSR count). The number of nitrogens with zero attached hydrogens (tertiary/aromatic N) is 2. The van der Waals surface area contributed by atoms with Gasteiger partial charge in [-0.1, -0.05) is 169 Å². The summed E-state index contributed by atoms with van der Waals surface area (Å²) in [7, 11) is 0. The predicted molar refractivity (Wildman–Crippen MR) is 310 cm³/mol. The molecule has 0 radical (unpaired) electrons. The van der Waals surface area contributed by atoms with Crippen LogP contribution in [0.2, 0.25) is 0 Å². The van der Waals surface area contributed by atoms with Crippen molar-refractivity contribution in [3.8, 4) is 44.5 Å². The summed E-state index contributed by atoms with van der Waals surface area (Å²) in [5.41, 5.74) is 17.9. The van der Waals surface area contributed by atoms with Gasteiger partial charge in [0.05, 0.1) is 22.7 Å². The van der Waals surface area contributed by atoms with Crippen LogP contribution in [0.15, 0.2) is 218 Å². The minimum Gasteiger partial charge on any atom is -0.307 e. The van der Waals surface area contributed by atoms with E-state index in [1.807, 2.05) is 48.5 Å². The summed E-state index contributed by atoms with van der Waals surface area (Å²) in [5, 5.41) is 6.12. The average molecular weight is 961 g/mol. The number of hydrogen-bond acceptors (Lipinski definition) is 2. The highest BCUT2D eigenvalue weighted by Crippen LogP contribution is 2.52. The Morgan fingerprint density at radius 1 is 0.297 bits per heavy atom. The quantitative estimate of drug-likeness (QED) is 0.126. The molecular formula is C70H54F2N2. The minimum atomic E-state index is -0.328. The van der Waals surface area contributed by atoms with E-state index in [1.54, 1.807) is 12.1 Å². The van der Waals surface area contributed by atoms with Crippen molar-refractivity contribution in [2.24, 2.45) is 0 Å². The summed E-state index contributed by atoms with van der Waals surface area (Å²) >= 11 is 0. The first-order chi connectivity index (χ1) is 36.0. The van der Waals surface area contributed by atoms with Gasteiger partial charge in [0.15, 0.2) is 0 Å². The highest BCUT2D eigenvalue weighted by atomic mass is 19.1. The van der Waals surface area contributed by atoms with Gasteiger partial charge in [0.2, 0.25) is 0 Å². The monoisotopic (exact) mass is 960 g/mol. The predicted octanol–water partition coefficient (Wildman–Crippen LogP) is 20.3. The van der Waals surface area contributed by atoms with Gasteiger partial charge in [-0.25, -0.2) is 8.78 Å². The van der Waals surface area contributed by atoms with Gasteiger partial charge in [0.25, 0.3) is 0 Å². The fourth-order valence-corrected chi connectivity index (χ4v) is 11.2. The third-order valence-corrected chi connectivity index (χ3v) is 15.0. The number of benzene rings is 12. The lowest BCUT2D eigenvalue weighted by molar-refractivity contribution is 0.629. The van der Waals surface area contributed by atoms with Crippen molar-refractivity contribution in [2.45, 2.75) is 41.5 Å². The molecule has 0 saturated carbocycles. The number of halogens is 2. The second-order valence-corrected chi connectivity index (χ2v) is 19.9. The number of hydrogen-bond donors (Lipinski definition) is 0. The zero-order chi connectivity index (χ0) is 50.8. The molecule has 0 N–H and O–H groups in total. The minimum absolute atomic E-state index is 0.328. The van der Waals surface area contributed by atoms with Crippen molar-refractivity contribution in [3.05, 3.63) is 263 Å². The Hall–Kier alpha value is -8.86. The van der Waals surface area contributed by atoms with E-state index in [0.717, 1.165) is 133 Å². The molecule has 0 fully saturated rings. The maximum absolute atomic E-state index is 18.0. The summed E-state index contributed by atoms with van der Waals surface area (Å²) < 4.78 is 36.0. The molecule has 4 heteroatoms. The van der Waals surface area contributed by atoms with E-state index in [2.05, 4.69) is 209 Å². The fraction of sp³-hybridized carbons (Fsp3) is 0.0857. The standard InChI is InChI=1S/C70H54F2N2/c1-43-23-31-53(32-24-43)73(69-61(57-21-13-9-17-47(57)5)39-51(41-63(69)71)55-19-11-7-15-45(55)3)65-37-29-49-28-36-60-66(38-30-50-27-35-59(65)67(49)68(50)60)74(54-33-25-44(2)26-34-54)70-62(58-22-14-10-18-48(58)6)40-52(42-64(70)72)56-20-12-8-16-46(56)4/h7-42H,1-6H3. The lowest BCUT2D eigenvalue weighted by atomic mass is 9.89. The van der Waals surface area contributed by atoms with E-state index in [0.29, 0.717) is 11.4 Å². The van der Waals surface area contributed by atoms with Crippen molar-refractivity contribution >= 4 is 66.4 Å². The molecule has 0 aliphatic carbocycles. The number of anilines is 6. The van der Waals surface area contributed by atoms with E-state index < -0.39 is 0 Å². The van der Waals surface area contributed by atoms with Crippen molar-refractivity contribution in [2.75, 3.05) is 9.80 Å². The Morgan fingerprint density at radius 3 is 0.973 bits per heavy atom. The molecule has 0 bridgehead atoms. The second kappa shape index (κ2) is 18.6. The van der Waals surface area contributed by atoms with Gasteiger partial charge in [-0.3, -0.25) is 0 Å². The topological polar surface area (TPSA) is 6.48 Å². The van der Waals surface area contributed by atoms with Gasteiger partial charge in [-0.05, 0) is 179 Å². The normalized spacial score (nSPS) is 11.5. The van der Waals surface area contributed by atoms with E-state index in [1.165, 1.54) is 0 Å². The summed E-state index contributed by atoms with van der Waals surface area (Å²) in [6.45, 7) is 12.5. The molecule has 0 spiro atoms. The van der Waals surface area contributed by atoms with Crippen LogP contribution in [0.25, 0.3) is 76.8 Å². The fourth-order valence-electron chi connectivity index (χ4n) is 11.2. The molecule has 0 aliphatic rings. The van der Waals surface area contributed by atoms with E-state index >= 15 is 8.78 Å². The first-order valence-corrected chi connectivity index (χ1v) is 25.4. The summed E-state index contributed by atoms with van der Waals surface area (Å²) in [5.74, 6) is -0.655. The van der Waals surface area contributed by atoms with Crippen LogP contribution >= 0.6 is 0 Å². The first-order valence-electron chi connectivity index (χ1n) is 25.4. The van der Waals surface area contributed by atoms with E-state index in [-0.39, 0.29) is 11.6 Å². The Bertz CT molecular complexity index is 3850. The molecule has 12 aromatic rings. The average Bonchev–Trinajstić information content (AvgIpc) is 3.42. The molecule has 0 amide bonds. The largest absolute Gasteiger partial charge is 0.307 e. The molecule has 0 aromatic heterocycles. The van der Waals surface area contributed by atoms with Crippen LogP contribution in [-0.2, 0) is 0 Å². The van der Waals surface area contributed by atoms with Gasteiger partial charge in [-0.15, -0.1) is 0 Å². The summed E-state index contributed by atoms with van der Waals surface area (Å²) in [4.78, 5) is 4.23. The highest BCUT2D eigenvalue weighted by molar-refractivity contribution is 6.28. The van der Waals surface area contributed by atoms with Crippen LogP contribution in [0.5, 0.6) is 0 Å². The zero-order valence-corrected chi connectivity index (χ0v) is 42.4. The molecule has 74 heavy (non-hydrogen) atoms. The van der Waals surface area contributed by atoms with Crippen LogP contribution in [0.3, 0.4) is 0 Å². The Morgan fingerprint density at radius 2 is 0.622 bits per heavy atom. The van der Waals surface area contributed by atoms with Crippen molar-refractivity contribution < 1.29 is 8.78 Å². The number of rotatable bonds is 10. The van der Waals surface area contributed by atoms with Crippen LogP contribution in [0.1, 0.15) is 33.4 Å². The van der Waals surface area contributed by atoms with Crippen molar-refractivity contribution in [1.29, 1.82) is 0 Å². The van der Waals surface area contributed by atoms with Crippen molar-refractivity contribution in [1.82, 2.24) is 0 Å². The highest BCUT2D eigenvalue weighted by Gasteiger charge is 2.29. The van der Waals surface area contributed by atoms with Crippen molar-refractivity contribution in [3.63, 3.8) is 0 Å². The number of aryl methyl sites for hydroxylation is 6. The molecule has 358 valence electrons. The molecule has 0 atom stereocenters. The molecule has 0 heterocycles. The van der Waals surface area contributed by atoms with Gasteiger partial charge in [-0.2, -0.15) is 0 Å². The van der Waals surface area contributed by atoms with Gasteiger partial charge < -0.3 is 9.80 Å². The maximum Gasteiger partial charge on any atom is 0.148 e. The van der Waals surface area contributed by atoms with Crippen LogP contribution in [0.4, 0.5) is 42.9 Å². The SMILES string of the molecule is Cc1ccc(N(c2c(F)cc(-c3ccccc3C)cc2-c2ccccc2C)c2ccc3ccc4c(N(c5ccc(C)cc5)c5c(F)cc(-c6ccccc6C)cc5-c5ccccc5C)ccc5ccc2c3c54)cc1.